The zero-order valence-electron chi connectivity index (χ0n) is 13.5. The number of alkyl halides is 6. The number of ether oxygens (including phenoxy) is 2. The smallest absolute Gasteiger partial charge is 0.404 e. The molecule has 0 radical (unpaired) electrons. The van der Waals surface area contributed by atoms with E-state index in [0.717, 1.165) is 12.1 Å². The molecule has 12 heteroatoms. The Hall–Kier alpha value is -2.35. The van der Waals surface area contributed by atoms with E-state index in [1.54, 1.807) is 6.07 Å². The fourth-order valence-electron chi connectivity index (χ4n) is 1.65. The summed E-state index contributed by atoms with van der Waals surface area (Å²) in [5.74, 6) is -1.000. The van der Waals surface area contributed by atoms with Gasteiger partial charge in [-0.1, -0.05) is 29.3 Å². The normalized spacial score (nSPS) is 11.1. The Morgan fingerprint density at radius 3 is 1.75 bits per heavy atom. The number of rotatable bonds is 3. The van der Waals surface area contributed by atoms with Gasteiger partial charge in [-0.15, -0.1) is 26.3 Å². The quantitative estimate of drug-likeness (QED) is 0.604. The maximum Gasteiger partial charge on any atom is 0.573 e. The molecular weight excluding hydrogens is 437 g/mol. The summed E-state index contributed by atoms with van der Waals surface area (Å²) in [6.45, 7) is 0.130. The highest BCUT2D eigenvalue weighted by Crippen LogP contribution is 2.31. The van der Waals surface area contributed by atoms with Crippen molar-refractivity contribution in [2.75, 3.05) is 0 Å². The summed E-state index contributed by atoms with van der Waals surface area (Å²) in [7, 11) is 0. The standard InChI is InChI=1S/C8H7ClF3NO.C8H3ClF3NO/c2*9-6-2-1-5(4-13)3-7(6)14-8(10,11)12/h1-3H,4,13H2;1-3H. The number of halogens is 8. The molecule has 0 aliphatic heterocycles. The van der Waals surface area contributed by atoms with Crippen LogP contribution in [0, 0.1) is 11.3 Å². The van der Waals surface area contributed by atoms with Crippen molar-refractivity contribution >= 4 is 23.2 Å². The molecule has 4 nitrogen and oxygen atoms in total. The van der Waals surface area contributed by atoms with Crippen molar-refractivity contribution in [2.24, 2.45) is 5.73 Å². The molecule has 0 fully saturated rings. The van der Waals surface area contributed by atoms with Crippen LogP contribution in [0.4, 0.5) is 26.3 Å². The molecule has 0 spiro atoms. The maximum absolute atomic E-state index is 11.8. The SMILES string of the molecule is N#Cc1ccc(Cl)c(OC(F)(F)F)c1.NCc1ccc(Cl)c(OC(F)(F)F)c1. The first-order valence-electron chi connectivity index (χ1n) is 7.04. The average Bonchev–Trinajstić information content (AvgIpc) is 2.57. The third-order valence-corrected chi connectivity index (χ3v) is 3.37. The lowest BCUT2D eigenvalue weighted by Gasteiger charge is -2.11. The van der Waals surface area contributed by atoms with Crippen LogP contribution in [-0.2, 0) is 6.54 Å². The molecule has 0 saturated carbocycles. The fraction of sp³-hybridized carbons (Fsp3) is 0.188. The number of hydrogen-bond acceptors (Lipinski definition) is 4. The fourth-order valence-corrected chi connectivity index (χ4v) is 1.97. The summed E-state index contributed by atoms with van der Waals surface area (Å²) in [6.07, 6.45) is -9.55. The van der Waals surface area contributed by atoms with Gasteiger partial charge >= 0.3 is 12.7 Å². The van der Waals surface area contributed by atoms with E-state index in [2.05, 4.69) is 9.47 Å². The van der Waals surface area contributed by atoms with E-state index < -0.39 is 24.2 Å². The highest BCUT2D eigenvalue weighted by molar-refractivity contribution is 6.32. The summed E-state index contributed by atoms with van der Waals surface area (Å²) in [5.41, 5.74) is 5.82. The van der Waals surface area contributed by atoms with Gasteiger partial charge in [0.1, 0.15) is 11.5 Å². The van der Waals surface area contributed by atoms with Gasteiger partial charge < -0.3 is 15.2 Å². The monoisotopic (exact) mass is 446 g/mol. The minimum Gasteiger partial charge on any atom is -0.404 e. The van der Waals surface area contributed by atoms with Gasteiger partial charge in [-0.05, 0) is 35.9 Å². The molecule has 0 bridgehead atoms. The second-order valence-electron chi connectivity index (χ2n) is 4.82. The number of nitrogens with zero attached hydrogens (tertiary/aromatic N) is 1. The molecule has 2 aromatic carbocycles. The summed E-state index contributed by atoms with van der Waals surface area (Å²) < 4.78 is 78.2. The highest BCUT2D eigenvalue weighted by Gasteiger charge is 2.32. The van der Waals surface area contributed by atoms with Crippen LogP contribution in [0.5, 0.6) is 11.5 Å². The second-order valence-corrected chi connectivity index (χ2v) is 5.64. The van der Waals surface area contributed by atoms with Crippen molar-refractivity contribution in [3.8, 4) is 17.6 Å². The Labute approximate surface area is 165 Å². The van der Waals surface area contributed by atoms with Crippen LogP contribution in [0.1, 0.15) is 11.1 Å². The number of nitriles is 1. The predicted molar refractivity (Wildman–Crippen MR) is 88.9 cm³/mol. The average molecular weight is 447 g/mol. The molecule has 0 aliphatic carbocycles. The molecule has 2 rings (SSSR count). The molecule has 0 heterocycles. The number of hydrogen-bond donors (Lipinski definition) is 1. The van der Waals surface area contributed by atoms with E-state index in [4.69, 9.17) is 34.2 Å². The van der Waals surface area contributed by atoms with E-state index in [1.165, 1.54) is 24.3 Å². The molecule has 152 valence electrons. The summed E-state index contributed by atoms with van der Waals surface area (Å²) in [6, 6.07) is 9.07. The van der Waals surface area contributed by atoms with Gasteiger partial charge in [-0.2, -0.15) is 5.26 Å². The Morgan fingerprint density at radius 2 is 1.32 bits per heavy atom. The third-order valence-electron chi connectivity index (χ3n) is 2.74. The lowest BCUT2D eigenvalue weighted by molar-refractivity contribution is -0.275. The van der Waals surface area contributed by atoms with E-state index in [0.29, 0.717) is 5.56 Å². The van der Waals surface area contributed by atoms with E-state index >= 15 is 0 Å². The van der Waals surface area contributed by atoms with Crippen molar-refractivity contribution in [2.45, 2.75) is 19.3 Å². The molecule has 2 aromatic rings. The van der Waals surface area contributed by atoms with Gasteiger partial charge in [0.2, 0.25) is 0 Å². The van der Waals surface area contributed by atoms with Crippen LogP contribution in [0.3, 0.4) is 0 Å². The molecule has 28 heavy (non-hydrogen) atoms. The Balaban J connectivity index is 0.000000280. The molecular formula is C16H10Cl2F6N2O2. The minimum absolute atomic E-state index is 0.0497. The van der Waals surface area contributed by atoms with Crippen LogP contribution in [0.15, 0.2) is 36.4 Å². The first kappa shape index (κ1) is 23.7. The van der Waals surface area contributed by atoms with Crippen LogP contribution >= 0.6 is 23.2 Å². The second kappa shape index (κ2) is 9.73. The molecule has 0 unspecified atom stereocenters. The first-order chi connectivity index (χ1) is 12.8. The zero-order valence-corrected chi connectivity index (χ0v) is 15.0. The molecule has 0 saturated heterocycles. The molecule has 0 amide bonds. The lowest BCUT2D eigenvalue weighted by Crippen LogP contribution is -2.17. The minimum atomic E-state index is -4.81. The topological polar surface area (TPSA) is 68.3 Å². The number of benzene rings is 2. The zero-order chi connectivity index (χ0) is 21.5. The Morgan fingerprint density at radius 1 is 0.857 bits per heavy atom. The van der Waals surface area contributed by atoms with Crippen LogP contribution in [-0.4, -0.2) is 12.7 Å². The van der Waals surface area contributed by atoms with Gasteiger partial charge in [-0.25, -0.2) is 0 Å². The van der Waals surface area contributed by atoms with E-state index in [-0.39, 0.29) is 22.2 Å². The maximum atomic E-state index is 11.8. The van der Waals surface area contributed by atoms with Gasteiger partial charge in [0.05, 0.1) is 21.7 Å². The van der Waals surface area contributed by atoms with Gasteiger partial charge in [0.15, 0.2) is 0 Å². The van der Waals surface area contributed by atoms with Crippen molar-refractivity contribution in [1.82, 2.24) is 0 Å². The largest absolute Gasteiger partial charge is 0.573 e. The Bertz CT molecular complexity index is 850. The van der Waals surface area contributed by atoms with Gasteiger partial charge in [0, 0.05) is 6.54 Å². The third kappa shape index (κ3) is 8.56. The summed E-state index contributed by atoms with van der Waals surface area (Å²) >= 11 is 10.9. The van der Waals surface area contributed by atoms with E-state index in [9.17, 15) is 26.3 Å². The molecule has 0 aliphatic rings. The summed E-state index contributed by atoms with van der Waals surface area (Å²) in [5, 5.41) is 8.13. The van der Waals surface area contributed by atoms with Crippen molar-refractivity contribution in [1.29, 1.82) is 5.26 Å². The lowest BCUT2D eigenvalue weighted by atomic mass is 10.2. The van der Waals surface area contributed by atoms with Crippen LogP contribution in [0.25, 0.3) is 0 Å². The molecule has 0 atom stereocenters. The van der Waals surface area contributed by atoms with Crippen LogP contribution in [0.2, 0.25) is 10.0 Å². The van der Waals surface area contributed by atoms with E-state index in [1.807, 2.05) is 0 Å². The van der Waals surface area contributed by atoms with Crippen LogP contribution < -0.4 is 15.2 Å². The molecule has 0 aromatic heterocycles. The van der Waals surface area contributed by atoms with Gasteiger partial charge in [0.25, 0.3) is 0 Å². The van der Waals surface area contributed by atoms with Gasteiger partial charge in [-0.3, -0.25) is 0 Å². The molecule has 2 N–H and O–H groups in total. The first-order valence-corrected chi connectivity index (χ1v) is 7.80. The van der Waals surface area contributed by atoms with Crippen molar-refractivity contribution in [3.05, 3.63) is 57.6 Å². The van der Waals surface area contributed by atoms with Crippen molar-refractivity contribution in [3.63, 3.8) is 0 Å². The highest BCUT2D eigenvalue weighted by atomic mass is 35.5. The summed E-state index contributed by atoms with van der Waals surface area (Å²) in [4.78, 5) is 0. The Kier molecular flexibility index (Phi) is 8.23. The number of nitrogens with two attached hydrogens (primary N) is 1. The van der Waals surface area contributed by atoms with Crippen molar-refractivity contribution < 1.29 is 35.8 Å². The predicted octanol–water partition coefficient (Wildman–Crippen LogP) is 5.81.